The van der Waals surface area contributed by atoms with Gasteiger partial charge in [0.2, 0.25) is 5.91 Å². The first kappa shape index (κ1) is 18.5. The van der Waals surface area contributed by atoms with Crippen LogP contribution in [-0.4, -0.2) is 47.2 Å². The van der Waals surface area contributed by atoms with Crippen LogP contribution in [0, 0.1) is 0 Å². The third kappa shape index (κ3) is 4.82. The zero-order valence-corrected chi connectivity index (χ0v) is 14.3. The van der Waals surface area contributed by atoms with E-state index in [1.54, 1.807) is 0 Å². The van der Waals surface area contributed by atoms with Gasteiger partial charge in [-0.1, -0.05) is 6.58 Å². The van der Waals surface area contributed by atoms with Crippen LogP contribution in [0.3, 0.4) is 0 Å². The molecule has 1 aromatic heterocycles. The predicted octanol–water partition coefficient (Wildman–Crippen LogP) is -0.722. The second-order valence-corrected chi connectivity index (χ2v) is 5.96. The van der Waals surface area contributed by atoms with Crippen LogP contribution in [-0.2, 0) is 21.4 Å². The van der Waals surface area contributed by atoms with Crippen LogP contribution >= 0.6 is 0 Å². The van der Waals surface area contributed by atoms with Crippen LogP contribution in [0.1, 0.15) is 19.8 Å². The van der Waals surface area contributed by atoms with E-state index in [-0.39, 0.29) is 30.5 Å². The number of carbonyl (C=O) groups excluding carboxylic acids is 2. The van der Waals surface area contributed by atoms with Crippen molar-refractivity contribution in [1.82, 2.24) is 14.9 Å². The molecule has 25 heavy (non-hydrogen) atoms. The van der Waals surface area contributed by atoms with Gasteiger partial charge in [-0.25, -0.2) is 4.79 Å². The molecule has 1 aliphatic rings. The lowest BCUT2D eigenvalue weighted by molar-refractivity contribution is -0.141. The predicted molar refractivity (Wildman–Crippen MR) is 91.5 cm³/mol. The van der Waals surface area contributed by atoms with Gasteiger partial charge in [-0.2, -0.15) is 0 Å². The minimum absolute atomic E-state index is 0.118. The molecule has 0 radical (unpaired) electrons. The average molecular weight is 350 g/mol. The summed E-state index contributed by atoms with van der Waals surface area (Å²) >= 11 is 0. The summed E-state index contributed by atoms with van der Waals surface area (Å²) in [5, 5.41) is 2.86. The molecule has 9 nitrogen and oxygen atoms in total. The molecule has 1 aliphatic heterocycles. The molecule has 2 rings (SSSR count). The average Bonchev–Trinajstić information content (AvgIpc) is 3.00. The van der Waals surface area contributed by atoms with E-state index in [9.17, 15) is 19.2 Å². The van der Waals surface area contributed by atoms with E-state index < -0.39 is 11.7 Å². The number of esters is 1. The second kappa shape index (κ2) is 7.82. The fourth-order valence-electron chi connectivity index (χ4n) is 2.53. The first-order valence-corrected chi connectivity index (χ1v) is 7.95. The molecular weight excluding hydrogens is 328 g/mol. The topological polar surface area (TPSA) is 114 Å². The fourth-order valence-corrected chi connectivity index (χ4v) is 2.53. The van der Waals surface area contributed by atoms with E-state index in [4.69, 9.17) is 4.74 Å². The number of anilines is 1. The minimum Gasteiger partial charge on any atom is -0.466 e. The maximum Gasteiger partial charge on any atom is 0.329 e. The summed E-state index contributed by atoms with van der Waals surface area (Å²) in [4.78, 5) is 50.7. The van der Waals surface area contributed by atoms with Crippen molar-refractivity contribution >= 4 is 17.7 Å². The van der Waals surface area contributed by atoms with Gasteiger partial charge in [-0.3, -0.25) is 23.9 Å². The number of aromatic nitrogens is 2. The number of aromatic amines is 1. The number of nitrogens with zero attached hydrogens (tertiary/aromatic N) is 2. The minimum atomic E-state index is -0.478. The zero-order chi connectivity index (χ0) is 18.6. The first-order chi connectivity index (χ1) is 11.8. The number of hydrogen-bond donors (Lipinski definition) is 2. The van der Waals surface area contributed by atoms with E-state index in [1.165, 1.54) is 20.0 Å². The van der Waals surface area contributed by atoms with Crippen LogP contribution in [0.15, 0.2) is 27.8 Å². The van der Waals surface area contributed by atoms with Crippen molar-refractivity contribution in [3.8, 4) is 0 Å². The van der Waals surface area contributed by atoms with Crippen LogP contribution in [0.25, 0.3) is 0 Å². The largest absolute Gasteiger partial charge is 0.466 e. The van der Waals surface area contributed by atoms with Gasteiger partial charge >= 0.3 is 11.7 Å². The van der Waals surface area contributed by atoms with Crippen LogP contribution in [0.5, 0.6) is 0 Å². The smallest absolute Gasteiger partial charge is 0.329 e. The fraction of sp³-hybridized carbons (Fsp3) is 0.500. The Morgan fingerprint density at radius 3 is 2.80 bits per heavy atom. The van der Waals surface area contributed by atoms with Gasteiger partial charge in [0.1, 0.15) is 5.82 Å². The Balaban J connectivity index is 1.89. The van der Waals surface area contributed by atoms with E-state index in [0.29, 0.717) is 30.9 Å². The van der Waals surface area contributed by atoms with E-state index in [1.807, 2.05) is 4.90 Å². The summed E-state index contributed by atoms with van der Waals surface area (Å²) < 4.78 is 5.78. The Morgan fingerprint density at radius 2 is 2.16 bits per heavy atom. The van der Waals surface area contributed by atoms with E-state index >= 15 is 0 Å². The molecule has 2 heterocycles. The lowest BCUT2D eigenvalue weighted by Gasteiger charge is -2.18. The summed E-state index contributed by atoms with van der Waals surface area (Å²) in [6, 6.07) is 1.24. The van der Waals surface area contributed by atoms with Crippen molar-refractivity contribution in [3.05, 3.63) is 39.1 Å². The molecular formula is C16H22N4O5. The molecule has 1 saturated heterocycles. The molecule has 0 bridgehead atoms. The van der Waals surface area contributed by atoms with Crippen molar-refractivity contribution in [2.75, 3.05) is 24.6 Å². The number of H-pyrrole nitrogens is 1. The van der Waals surface area contributed by atoms with Gasteiger partial charge in [-0.05, 0) is 6.42 Å². The Hall–Kier alpha value is -2.84. The number of amides is 1. The summed E-state index contributed by atoms with van der Waals surface area (Å²) in [6.45, 7) is 6.20. The Labute approximate surface area is 144 Å². The highest BCUT2D eigenvalue weighted by Crippen LogP contribution is 2.16. The summed E-state index contributed by atoms with van der Waals surface area (Å²) in [5.41, 5.74) is -0.527. The van der Waals surface area contributed by atoms with Crippen LogP contribution in [0.2, 0.25) is 0 Å². The number of ether oxygens (including phenoxy) is 1. The second-order valence-electron chi connectivity index (χ2n) is 5.96. The van der Waals surface area contributed by atoms with Crippen molar-refractivity contribution in [3.63, 3.8) is 0 Å². The van der Waals surface area contributed by atoms with Gasteiger partial charge in [0.25, 0.3) is 5.56 Å². The lowest BCUT2D eigenvalue weighted by atomic mass is 10.2. The Kier molecular flexibility index (Phi) is 5.79. The van der Waals surface area contributed by atoms with Gasteiger partial charge in [0, 0.05) is 51.2 Å². The van der Waals surface area contributed by atoms with E-state index in [2.05, 4.69) is 16.9 Å². The molecule has 0 aromatic carbocycles. The molecule has 1 amide bonds. The van der Waals surface area contributed by atoms with Crippen LogP contribution < -0.4 is 21.5 Å². The molecule has 2 N–H and O–H groups in total. The van der Waals surface area contributed by atoms with Gasteiger partial charge in [0.15, 0.2) is 0 Å². The van der Waals surface area contributed by atoms with Gasteiger partial charge in [0.05, 0.1) is 6.61 Å². The van der Waals surface area contributed by atoms with Crippen LogP contribution in [0.4, 0.5) is 5.82 Å². The Morgan fingerprint density at radius 1 is 1.44 bits per heavy atom. The first-order valence-electron chi connectivity index (χ1n) is 7.95. The maximum atomic E-state index is 12.1. The normalized spacial score (nSPS) is 16.6. The van der Waals surface area contributed by atoms with E-state index in [0.717, 1.165) is 4.57 Å². The van der Waals surface area contributed by atoms with Gasteiger partial charge in [-0.15, -0.1) is 0 Å². The molecule has 0 aliphatic carbocycles. The summed E-state index contributed by atoms with van der Waals surface area (Å²) in [5.74, 6) is -0.252. The molecule has 1 unspecified atom stereocenters. The highest BCUT2D eigenvalue weighted by molar-refractivity contribution is 5.93. The molecule has 0 saturated carbocycles. The molecule has 0 spiro atoms. The third-order valence-corrected chi connectivity index (χ3v) is 4.02. The van der Waals surface area contributed by atoms with Crippen molar-refractivity contribution in [2.24, 2.45) is 7.05 Å². The zero-order valence-electron chi connectivity index (χ0n) is 14.3. The number of hydrogen-bond acceptors (Lipinski definition) is 6. The molecule has 1 fully saturated rings. The molecule has 1 atom stereocenters. The number of rotatable bonds is 6. The third-order valence-electron chi connectivity index (χ3n) is 4.02. The highest BCUT2D eigenvalue weighted by atomic mass is 16.5. The summed E-state index contributed by atoms with van der Waals surface area (Å²) in [6.07, 6.45) is 0.949. The quantitative estimate of drug-likeness (QED) is 0.517. The van der Waals surface area contributed by atoms with Crippen molar-refractivity contribution < 1.29 is 14.3 Å². The van der Waals surface area contributed by atoms with Crippen molar-refractivity contribution in [2.45, 2.75) is 25.8 Å². The maximum absolute atomic E-state index is 12.1. The summed E-state index contributed by atoms with van der Waals surface area (Å²) in [7, 11) is 1.40. The van der Waals surface area contributed by atoms with Crippen molar-refractivity contribution in [1.29, 1.82) is 0 Å². The molecule has 136 valence electrons. The van der Waals surface area contributed by atoms with Gasteiger partial charge < -0.3 is 15.0 Å². The SMILES string of the molecule is C=C(CCOC(C)=O)C(=O)NC1CCN(c2cc(=O)n(C)c(=O)[nH]2)C1. The molecule has 1 aromatic rings. The molecule has 9 heteroatoms. The monoisotopic (exact) mass is 350 g/mol. The standard InChI is InChI=1S/C16H22N4O5/c1-10(5-7-25-11(2)21)15(23)17-12-4-6-20(9-12)13-8-14(22)19(3)16(24)18-13/h8,12H,1,4-7,9H2,2-3H3,(H,17,23)(H,18,24). The number of nitrogens with one attached hydrogen (secondary N) is 2. The lowest BCUT2D eigenvalue weighted by Crippen LogP contribution is -2.39. The highest BCUT2D eigenvalue weighted by Gasteiger charge is 2.25. The Bertz CT molecular complexity index is 763. The number of carbonyl (C=O) groups is 2.